The average Bonchev–Trinajstić information content (AvgIpc) is 3.18. The Bertz CT molecular complexity index is 1310. The van der Waals surface area contributed by atoms with E-state index < -0.39 is 0 Å². The minimum absolute atomic E-state index is 0.0443. The van der Waals surface area contributed by atoms with E-state index >= 15 is 0 Å². The Kier molecular flexibility index (Phi) is 4.20. The molecule has 0 radical (unpaired) electrons. The van der Waals surface area contributed by atoms with Gasteiger partial charge in [0.25, 0.3) is 5.70 Å². The topological polar surface area (TPSA) is 48.5 Å². The van der Waals surface area contributed by atoms with Crippen molar-refractivity contribution >= 4 is 17.0 Å². The van der Waals surface area contributed by atoms with Crippen LogP contribution in [-0.4, -0.2) is 12.3 Å². The Morgan fingerprint density at radius 3 is 2.68 bits per heavy atom. The zero-order valence-corrected chi connectivity index (χ0v) is 17.6. The van der Waals surface area contributed by atoms with Crippen LogP contribution < -0.4 is 4.90 Å². The number of carbonyl (C=O) groups excluding carboxylic acids is 1. The molecule has 4 nitrogen and oxygen atoms in total. The molecule has 0 atom stereocenters. The van der Waals surface area contributed by atoms with E-state index in [1.54, 1.807) is 6.07 Å². The van der Waals surface area contributed by atoms with Crippen molar-refractivity contribution in [2.24, 2.45) is 0 Å². The van der Waals surface area contributed by atoms with Crippen LogP contribution in [0, 0.1) is 17.9 Å². The summed E-state index contributed by atoms with van der Waals surface area (Å²) in [5.74, 6) is -0.133. The lowest BCUT2D eigenvalue weighted by Gasteiger charge is -2.30. The van der Waals surface area contributed by atoms with Gasteiger partial charge in [-0.2, -0.15) is 0 Å². The molecule has 3 aliphatic rings. The molecule has 0 saturated heterocycles. The number of hydrogen-bond donors (Lipinski definition) is 0. The smallest absolute Gasteiger partial charge is 0.270 e. The molecule has 0 unspecified atom stereocenters. The molecule has 2 aromatic rings. The molecule has 0 spiro atoms. The van der Waals surface area contributed by atoms with E-state index in [9.17, 15) is 10.1 Å². The van der Waals surface area contributed by atoms with Crippen molar-refractivity contribution in [1.29, 1.82) is 5.26 Å². The Morgan fingerprint density at radius 1 is 1.16 bits per heavy atom. The number of carbonyl (C=O) groups is 1. The van der Waals surface area contributed by atoms with Crippen LogP contribution in [0.3, 0.4) is 0 Å². The van der Waals surface area contributed by atoms with Gasteiger partial charge in [-0.05, 0) is 41.7 Å². The summed E-state index contributed by atoms with van der Waals surface area (Å²) in [5, 5.41) is 9.53. The van der Waals surface area contributed by atoms with Crippen molar-refractivity contribution in [3.63, 3.8) is 0 Å². The number of hydrogen-bond acceptors (Lipinski definition) is 3. The molecule has 31 heavy (non-hydrogen) atoms. The fourth-order valence-corrected chi connectivity index (χ4v) is 5.19. The van der Waals surface area contributed by atoms with Crippen LogP contribution in [0.25, 0.3) is 10.4 Å². The number of benzene rings is 2. The van der Waals surface area contributed by atoms with Crippen molar-refractivity contribution in [1.82, 2.24) is 0 Å². The average molecular weight is 403 g/mol. The number of anilines is 1. The standard InChI is InChI=1S/C27H21N3O/c1-27(2)21-12-6-8-17-9-7-15-30(25(17)21)23(27)14-13-20-24(22(16-28)29-3)18-10-4-5-11-19(18)26(20)31/h4-6,8,10-14H,7,9,15H2,1-2H3/b20-13-,23-14-,24-22-. The van der Waals surface area contributed by atoms with Crippen LogP contribution >= 0.6 is 0 Å². The van der Waals surface area contributed by atoms with E-state index in [4.69, 9.17) is 6.57 Å². The zero-order valence-electron chi connectivity index (χ0n) is 17.6. The Hall–Kier alpha value is -3.89. The van der Waals surface area contributed by atoms with Gasteiger partial charge in [0.15, 0.2) is 5.78 Å². The summed E-state index contributed by atoms with van der Waals surface area (Å²) in [6, 6.07) is 15.7. The van der Waals surface area contributed by atoms with E-state index in [0.29, 0.717) is 22.3 Å². The summed E-state index contributed by atoms with van der Waals surface area (Å²) in [6.45, 7) is 12.8. The van der Waals surface area contributed by atoms with Crippen LogP contribution in [0.2, 0.25) is 0 Å². The molecule has 5 rings (SSSR count). The molecule has 0 amide bonds. The van der Waals surface area contributed by atoms with Gasteiger partial charge in [0.2, 0.25) is 0 Å². The van der Waals surface area contributed by atoms with Crippen molar-refractivity contribution < 1.29 is 4.79 Å². The first kappa shape index (κ1) is 19.1. The molecule has 150 valence electrons. The second-order valence-electron chi connectivity index (χ2n) is 8.65. The number of allylic oxidation sites excluding steroid dienone is 6. The summed E-state index contributed by atoms with van der Waals surface area (Å²) in [4.78, 5) is 19.0. The molecule has 2 aliphatic heterocycles. The van der Waals surface area contributed by atoms with Gasteiger partial charge in [0.05, 0.1) is 12.6 Å². The molecule has 4 heteroatoms. The highest BCUT2D eigenvalue weighted by molar-refractivity contribution is 6.27. The number of Topliss-reactive ketones (excluding diaryl/α,β-unsaturated/α-hetero) is 1. The third kappa shape index (κ3) is 2.62. The Balaban J connectivity index is 1.69. The SMILES string of the molecule is [C-]#[N+]\C(C#N)=C1/C(=C/C=C2\N3CCCc4cccc(c43)C2(C)C)C(=O)c2ccccc21. The van der Waals surface area contributed by atoms with Gasteiger partial charge in [-0.1, -0.05) is 56.3 Å². The highest BCUT2D eigenvalue weighted by Gasteiger charge is 2.42. The maximum atomic E-state index is 13.2. The lowest BCUT2D eigenvalue weighted by Crippen LogP contribution is -2.29. The molecule has 0 N–H and O–H groups in total. The minimum Gasteiger partial charge on any atom is -0.344 e. The zero-order chi connectivity index (χ0) is 21.8. The van der Waals surface area contributed by atoms with Gasteiger partial charge < -0.3 is 4.90 Å². The number of ketones is 1. The predicted octanol–water partition coefficient (Wildman–Crippen LogP) is 5.59. The van der Waals surface area contributed by atoms with Crippen LogP contribution in [0.15, 0.2) is 71.6 Å². The van der Waals surface area contributed by atoms with E-state index in [0.717, 1.165) is 25.1 Å². The van der Waals surface area contributed by atoms with Gasteiger partial charge in [-0.3, -0.25) is 4.79 Å². The van der Waals surface area contributed by atoms with Gasteiger partial charge in [-0.25, -0.2) is 10.1 Å². The second-order valence-corrected chi connectivity index (χ2v) is 8.65. The monoisotopic (exact) mass is 403 g/mol. The summed E-state index contributed by atoms with van der Waals surface area (Å²) < 4.78 is 0. The van der Waals surface area contributed by atoms with E-state index in [-0.39, 0.29) is 16.9 Å². The molecule has 0 fully saturated rings. The van der Waals surface area contributed by atoms with Gasteiger partial charge in [0.1, 0.15) is 0 Å². The number of aryl methyl sites for hydroxylation is 1. The van der Waals surface area contributed by atoms with Gasteiger partial charge in [0, 0.05) is 40.1 Å². The van der Waals surface area contributed by atoms with Crippen LogP contribution in [0.1, 0.15) is 47.3 Å². The molecule has 0 bridgehead atoms. The quantitative estimate of drug-likeness (QED) is 0.354. The van der Waals surface area contributed by atoms with Crippen molar-refractivity contribution in [2.45, 2.75) is 32.1 Å². The van der Waals surface area contributed by atoms with Crippen LogP contribution in [0.5, 0.6) is 0 Å². The number of nitrogens with zero attached hydrogens (tertiary/aromatic N) is 3. The molecule has 0 aromatic heterocycles. The summed E-state index contributed by atoms with van der Waals surface area (Å²) >= 11 is 0. The predicted molar refractivity (Wildman–Crippen MR) is 121 cm³/mol. The summed E-state index contributed by atoms with van der Waals surface area (Å²) in [5.41, 5.74) is 6.98. The summed E-state index contributed by atoms with van der Waals surface area (Å²) in [6.07, 6.45) is 6.01. The van der Waals surface area contributed by atoms with E-state index in [2.05, 4.69) is 41.8 Å². The van der Waals surface area contributed by atoms with Gasteiger partial charge in [-0.15, -0.1) is 0 Å². The first-order valence-electron chi connectivity index (χ1n) is 10.5. The van der Waals surface area contributed by atoms with Gasteiger partial charge >= 0.3 is 0 Å². The molecule has 2 aromatic carbocycles. The second kappa shape index (κ2) is 6.83. The molecular weight excluding hydrogens is 382 g/mol. The van der Waals surface area contributed by atoms with Crippen molar-refractivity contribution in [3.05, 3.63) is 105 Å². The van der Waals surface area contributed by atoms with Crippen LogP contribution in [0.4, 0.5) is 5.69 Å². The molecular formula is C27H21N3O. The lowest BCUT2D eigenvalue weighted by atomic mass is 9.83. The molecule has 0 saturated carbocycles. The van der Waals surface area contributed by atoms with E-state index in [1.807, 2.05) is 36.4 Å². The lowest BCUT2D eigenvalue weighted by molar-refractivity contribution is 0.104. The fourth-order valence-electron chi connectivity index (χ4n) is 5.19. The molecule has 2 heterocycles. The number of fused-ring (bicyclic) bond motifs is 1. The fraction of sp³-hybridized carbons (Fsp3) is 0.222. The highest BCUT2D eigenvalue weighted by atomic mass is 16.1. The summed E-state index contributed by atoms with van der Waals surface area (Å²) in [7, 11) is 0. The Morgan fingerprint density at radius 2 is 1.94 bits per heavy atom. The third-order valence-electron chi connectivity index (χ3n) is 6.64. The highest BCUT2D eigenvalue weighted by Crippen LogP contribution is 2.51. The largest absolute Gasteiger partial charge is 0.344 e. The van der Waals surface area contributed by atoms with Crippen LogP contribution in [-0.2, 0) is 11.8 Å². The van der Waals surface area contributed by atoms with Crippen molar-refractivity contribution in [3.8, 4) is 6.07 Å². The number of rotatable bonds is 1. The number of para-hydroxylation sites is 1. The first-order chi connectivity index (χ1) is 15.0. The maximum Gasteiger partial charge on any atom is 0.270 e. The normalized spacial score (nSPS) is 22.2. The van der Waals surface area contributed by atoms with E-state index in [1.165, 1.54) is 16.8 Å². The number of nitriles is 1. The molecule has 1 aliphatic carbocycles. The maximum absolute atomic E-state index is 13.2. The first-order valence-corrected chi connectivity index (χ1v) is 10.5. The minimum atomic E-state index is -0.191. The third-order valence-corrected chi connectivity index (χ3v) is 6.64. The van der Waals surface area contributed by atoms with Crippen molar-refractivity contribution in [2.75, 3.05) is 11.4 Å². The Labute approximate surface area is 182 Å².